The summed E-state index contributed by atoms with van der Waals surface area (Å²) >= 11 is 0. The average molecular weight is 186 g/mol. The van der Waals surface area contributed by atoms with Gasteiger partial charge < -0.3 is 9.73 Å². The molecule has 0 spiro atoms. The fourth-order valence-electron chi connectivity index (χ4n) is 1.10. The van der Waals surface area contributed by atoms with Gasteiger partial charge in [-0.25, -0.2) is 4.98 Å². The number of oxazole rings is 1. The van der Waals surface area contributed by atoms with Crippen molar-refractivity contribution in [1.29, 1.82) is 0 Å². The van der Waals surface area contributed by atoms with Crippen LogP contribution in [0.2, 0.25) is 0 Å². The highest BCUT2D eigenvalue weighted by Gasteiger charge is 2.01. The molecule has 0 aliphatic rings. The van der Waals surface area contributed by atoms with Crippen molar-refractivity contribution in [3.05, 3.63) is 24.6 Å². The van der Waals surface area contributed by atoms with E-state index in [2.05, 4.69) is 10.3 Å². The topological polar surface area (TPSA) is 55.1 Å². The van der Waals surface area contributed by atoms with Crippen LogP contribution in [-0.4, -0.2) is 10.9 Å². The van der Waals surface area contributed by atoms with Crippen LogP contribution in [0.1, 0.15) is 0 Å². The first kappa shape index (κ1) is 8.32. The third kappa shape index (κ3) is 1.43. The zero-order valence-corrected chi connectivity index (χ0v) is 7.15. The lowest BCUT2D eigenvalue weighted by atomic mass is 10.3. The van der Waals surface area contributed by atoms with Crippen molar-refractivity contribution in [3.8, 4) is 12.3 Å². The molecule has 0 aliphatic heterocycles. The lowest BCUT2D eigenvalue weighted by Gasteiger charge is -1.98. The molecule has 2 rings (SSSR count). The van der Waals surface area contributed by atoms with Crippen LogP contribution in [0, 0.1) is 12.3 Å². The van der Waals surface area contributed by atoms with Gasteiger partial charge in [-0.2, -0.15) is 0 Å². The van der Waals surface area contributed by atoms with Gasteiger partial charge in [-0.15, -0.1) is 6.42 Å². The second-order valence-corrected chi connectivity index (χ2v) is 2.63. The summed E-state index contributed by atoms with van der Waals surface area (Å²) < 4.78 is 5.04. The monoisotopic (exact) mass is 186 g/mol. The van der Waals surface area contributed by atoms with E-state index in [-0.39, 0.29) is 0 Å². The Hall–Kier alpha value is -2.28. The third-order valence-corrected chi connectivity index (χ3v) is 1.72. The van der Waals surface area contributed by atoms with Crippen LogP contribution < -0.4 is 5.32 Å². The molecule has 4 nitrogen and oxygen atoms in total. The Bertz CT molecular complexity index is 522. The molecule has 68 valence electrons. The van der Waals surface area contributed by atoms with E-state index in [0.717, 1.165) is 0 Å². The van der Waals surface area contributed by atoms with Gasteiger partial charge in [0.25, 0.3) is 5.91 Å². The molecule has 0 radical (unpaired) electrons. The summed E-state index contributed by atoms with van der Waals surface area (Å²) in [4.78, 5) is 14.8. The summed E-state index contributed by atoms with van der Waals surface area (Å²) in [7, 11) is 0. The van der Waals surface area contributed by atoms with Crippen LogP contribution >= 0.6 is 0 Å². The molecule has 0 fully saturated rings. The number of terminal acetylenes is 1. The molecule has 1 aromatic carbocycles. The Balaban J connectivity index is 2.35. The minimum absolute atomic E-state index is 0.479. The van der Waals surface area contributed by atoms with Gasteiger partial charge in [-0.1, -0.05) is 0 Å². The van der Waals surface area contributed by atoms with Gasteiger partial charge >= 0.3 is 0 Å². The Morgan fingerprint density at radius 3 is 3.21 bits per heavy atom. The van der Waals surface area contributed by atoms with Gasteiger partial charge in [-0.3, -0.25) is 4.79 Å². The maximum Gasteiger partial charge on any atom is 0.300 e. The van der Waals surface area contributed by atoms with Crippen molar-refractivity contribution >= 4 is 22.7 Å². The van der Waals surface area contributed by atoms with Gasteiger partial charge in [0.15, 0.2) is 12.0 Å². The average Bonchev–Trinajstić information content (AvgIpc) is 2.64. The van der Waals surface area contributed by atoms with Crippen molar-refractivity contribution in [2.45, 2.75) is 0 Å². The molecule has 4 heteroatoms. The standard InChI is InChI=1S/C10H6N2O2/c1-2-10(13)12-7-3-4-9-8(5-7)11-6-14-9/h1,3-6H,(H,12,13). The second-order valence-electron chi connectivity index (χ2n) is 2.63. The molecule has 0 bridgehead atoms. The molecule has 2 aromatic rings. The number of carbonyl (C=O) groups excluding carboxylic acids is 1. The number of benzene rings is 1. The SMILES string of the molecule is C#CC(=O)Nc1ccc2ocnc2c1. The highest BCUT2D eigenvalue weighted by Crippen LogP contribution is 2.17. The van der Waals surface area contributed by atoms with Crippen molar-refractivity contribution in [2.75, 3.05) is 5.32 Å². The Morgan fingerprint density at radius 2 is 2.43 bits per heavy atom. The maximum absolute atomic E-state index is 10.9. The summed E-state index contributed by atoms with van der Waals surface area (Å²) in [5, 5.41) is 2.52. The van der Waals surface area contributed by atoms with Gasteiger partial charge in [0.1, 0.15) is 5.52 Å². The van der Waals surface area contributed by atoms with Crippen LogP contribution in [0.5, 0.6) is 0 Å². The van der Waals surface area contributed by atoms with Crippen LogP contribution in [-0.2, 0) is 4.79 Å². The normalized spacial score (nSPS) is 9.64. The summed E-state index contributed by atoms with van der Waals surface area (Å²) in [5.74, 6) is 1.48. The summed E-state index contributed by atoms with van der Waals surface area (Å²) in [6, 6.07) is 5.10. The number of nitrogens with zero attached hydrogens (tertiary/aromatic N) is 1. The number of hydrogen-bond donors (Lipinski definition) is 1. The molecule has 1 amide bonds. The van der Waals surface area contributed by atoms with E-state index in [4.69, 9.17) is 10.8 Å². The second kappa shape index (κ2) is 3.23. The summed E-state index contributed by atoms with van der Waals surface area (Å²) in [5.41, 5.74) is 1.96. The molecule has 1 aromatic heterocycles. The summed E-state index contributed by atoms with van der Waals surface area (Å²) in [6.45, 7) is 0. The van der Waals surface area contributed by atoms with Crippen molar-refractivity contribution in [2.24, 2.45) is 0 Å². The van der Waals surface area contributed by atoms with E-state index in [1.807, 2.05) is 5.92 Å². The predicted octanol–water partition coefficient (Wildman–Crippen LogP) is 1.40. The van der Waals surface area contributed by atoms with Gasteiger partial charge in [0.2, 0.25) is 0 Å². The number of rotatable bonds is 1. The number of nitrogens with one attached hydrogen (secondary N) is 1. The number of aromatic nitrogens is 1. The van der Waals surface area contributed by atoms with Crippen molar-refractivity contribution < 1.29 is 9.21 Å². The molecule has 0 unspecified atom stereocenters. The van der Waals surface area contributed by atoms with E-state index < -0.39 is 5.91 Å². The van der Waals surface area contributed by atoms with Crippen LogP contribution in [0.4, 0.5) is 5.69 Å². The highest BCUT2D eigenvalue weighted by atomic mass is 16.3. The van der Waals surface area contributed by atoms with E-state index >= 15 is 0 Å². The smallest absolute Gasteiger partial charge is 0.300 e. The first-order valence-electron chi connectivity index (χ1n) is 3.90. The molecule has 14 heavy (non-hydrogen) atoms. The molecule has 0 saturated heterocycles. The molecular weight excluding hydrogens is 180 g/mol. The number of hydrogen-bond acceptors (Lipinski definition) is 3. The van der Waals surface area contributed by atoms with E-state index in [1.165, 1.54) is 6.39 Å². The molecule has 1 N–H and O–H groups in total. The number of fused-ring (bicyclic) bond motifs is 1. The van der Waals surface area contributed by atoms with Crippen molar-refractivity contribution in [3.63, 3.8) is 0 Å². The van der Waals surface area contributed by atoms with E-state index in [1.54, 1.807) is 18.2 Å². The highest BCUT2D eigenvalue weighted by molar-refractivity contribution is 6.04. The first-order chi connectivity index (χ1) is 6.79. The molecule has 1 heterocycles. The third-order valence-electron chi connectivity index (χ3n) is 1.72. The molecule has 0 atom stereocenters. The maximum atomic E-state index is 10.9. The van der Waals surface area contributed by atoms with Crippen LogP contribution in [0.25, 0.3) is 11.1 Å². The Labute approximate surface area is 79.9 Å². The molecular formula is C10H6N2O2. The zero-order valence-electron chi connectivity index (χ0n) is 7.15. The quantitative estimate of drug-likeness (QED) is 0.685. The van der Waals surface area contributed by atoms with Crippen LogP contribution in [0.3, 0.4) is 0 Å². The van der Waals surface area contributed by atoms with Gasteiger partial charge in [0.05, 0.1) is 0 Å². The number of carbonyl (C=O) groups is 1. The molecule has 0 saturated carbocycles. The number of amides is 1. The summed E-state index contributed by atoms with van der Waals surface area (Å²) in [6.07, 6.45) is 6.26. The van der Waals surface area contributed by atoms with Gasteiger partial charge in [0, 0.05) is 5.69 Å². The fraction of sp³-hybridized carbons (Fsp3) is 0. The van der Waals surface area contributed by atoms with E-state index in [0.29, 0.717) is 16.8 Å². The Morgan fingerprint density at radius 1 is 1.57 bits per heavy atom. The predicted molar refractivity (Wildman–Crippen MR) is 51.5 cm³/mol. The van der Waals surface area contributed by atoms with Crippen molar-refractivity contribution in [1.82, 2.24) is 4.98 Å². The lowest BCUT2D eigenvalue weighted by Crippen LogP contribution is -2.07. The number of anilines is 1. The lowest BCUT2D eigenvalue weighted by molar-refractivity contribution is -0.111. The zero-order chi connectivity index (χ0) is 9.97. The van der Waals surface area contributed by atoms with E-state index in [9.17, 15) is 4.79 Å². The molecule has 0 aliphatic carbocycles. The minimum Gasteiger partial charge on any atom is -0.443 e. The largest absolute Gasteiger partial charge is 0.443 e. The van der Waals surface area contributed by atoms with Crippen LogP contribution in [0.15, 0.2) is 29.0 Å². The first-order valence-corrected chi connectivity index (χ1v) is 3.90. The minimum atomic E-state index is -0.479. The Kier molecular flexibility index (Phi) is 1.92. The fourth-order valence-corrected chi connectivity index (χ4v) is 1.10. The van der Waals surface area contributed by atoms with Gasteiger partial charge in [-0.05, 0) is 24.1 Å².